The molecule has 10 nitrogen and oxygen atoms in total. The van der Waals surface area contributed by atoms with Gasteiger partial charge in [0.15, 0.2) is 0 Å². The average Bonchev–Trinajstić information content (AvgIpc) is 3.67. The van der Waals surface area contributed by atoms with Crippen molar-refractivity contribution in [2.75, 3.05) is 6.61 Å². The Morgan fingerprint density at radius 1 is 1.13 bits per heavy atom. The van der Waals surface area contributed by atoms with Gasteiger partial charge in [-0.2, -0.15) is 0 Å². The van der Waals surface area contributed by atoms with Gasteiger partial charge in [0.05, 0.1) is 34.7 Å². The number of hydrogen-bond acceptors (Lipinski definition) is 7. The summed E-state index contributed by atoms with van der Waals surface area (Å²) in [5.74, 6) is -1.83. The minimum atomic E-state index is -0.816. The predicted molar refractivity (Wildman–Crippen MR) is 146 cm³/mol. The van der Waals surface area contributed by atoms with E-state index < -0.39 is 28.7 Å². The monoisotopic (exact) mass is 548 g/mol. The average molecular weight is 549 g/mol. The van der Waals surface area contributed by atoms with E-state index in [1.54, 1.807) is 23.4 Å². The zero-order chi connectivity index (χ0) is 27.3. The molecule has 0 saturated carbocycles. The molecule has 3 aliphatic rings. The van der Waals surface area contributed by atoms with Gasteiger partial charge in [0, 0.05) is 11.8 Å². The van der Waals surface area contributed by atoms with E-state index in [-0.39, 0.29) is 42.2 Å². The van der Waals surface area contributed by atoms with E-state index in [0.717, 1.165) is 23.0 Å². The maximum absolute atomic E-state index is 14.0. The molecule has 7 atom stereocenters. The minimum Gasteiger partial charge on any atom is -0.394 e. The molecule has 3 aromatic rings. The highest BCUT2D eigenvalue weighted by molar-refractivity contribution is 8.02. The molecule has 2 bridgehead atoms. The van der Waals surface area contributed by atoms with Gasteiger partial charge in [0.2, 0.25) is 17.7 Å². The summed E-state index contributed by atoms with van der Waals surface area (Å²) < 4.78 is 0.857. The highest BCUT2D eigenvalue weighted by atomic mass is 32.2. The molecular formula is C28H32N6O4S. The standard InChI is InChI=1S/C28H32N6O4S/c1-16-12-21-22(25(36)29-13-18-8-4-3-5-9-18)23-27(38)34(17(2)14-35)24(28(16,23)39-21)26(37)30-15-33-20-11-7-6-10-19(20)31-32-33/h3-11,16-17,21-24,35H,12-15H2,1-2H3,(H,29,36)(H,30,37)/t16?,17-,21-,22+,23+,24?,28?/m1/s1. The summed E-state index contributed by atoms with van der Waals surface area (Å²) in [4.78, 5) is 43.1. The highest BCUT2D eigenvalue weighted by Gasteiger charge is 2.76. The van der Waals surface area contributed by atoms with E-state index in [4.69, 9.17) is 0 Å². The number of likely N-dealkylation sites (tertiary alicyclic amines) is 1. The Bertz CT molecular complexity index is 1420. The number of nitrogens with zero attached hydrogens (tertiary/aromatic N) is 4. The quantitative estimate of drug-likeness (QED) is 0.389. The van der Waals surface area contributed by atoms with Crippen molar-refractivity contribution in [1.29, 1.82) is 0 Å². The molecular weight excluding hydrogens is 516 g/mol. The van der Waals surface area contributed by atoms with E-state index in [1.165, 1.54) is 4.90 Å². The number of aliphatic hydroxyl groups is 1. The first-order valence-corrected chi connectivity index (χ1v) is 14.2. The van der Waals surface area contributed by atoms with Gasteiger partial charge < -0.3 is 20.6 Å². The van der Waals surface area contributed by atoms with E-state index in [1.807, 2.05) is 54.6 Å². The predicted octanol–water partition coefficient (Wildman–Crippen LogP) is 1.54. The molecule has 3 unspecified atom stereocenters. The summed E-state index contributed by atoms with van der Waals surface area (Å²) in [6.45, 7) is 4.01. The Hall–Kier alpha value is -3.44. The second kappa shape index (κ2) is 9.95. The molecule has 3 amide bonds. The Labute approximate surface area is 230 Å². The fourth-order valence-corrected chi connectivity index (χ4v) is 9.22. The summed E-state index contributed by atoms with van der Waals surface area (Å²) in [6.07, 6.45) is 0.747. The number of carbonyl (C=O) groups excluding carboxylic acids is 3. The van der Waals surface area contributed by atoms with Gasteiger partial charge in [0.25, 0.3) is 0 Å². The van der Waals surface area contributed by atoms with Crippen LogP contribution in [-0.2, 0) is 27.6 Å². The fraction of sp³-hybridized carbons (Fsp3) is 0.464. The largest absolute Gasteiger partial charge is 0.394 e. The van der Waals surface area contributed by atoms with Crippen molar-refractivity contribution >= 4 is 40.5 Å². The van der Waals surface area contributed by atoms with Crippen LogP contribution in [0.25, 0.3) is 11.0 Å². The third-order valence-corrected chi connectivity index (χ3v) is 10.7. The fourth-order valence-electron chi connectivity index (χ4n) is 6.81. The molecule has 6 rings (SSSR count). The van der Waals surface area contributed by atoms with Gasteiger partial charge in [-0.15, -0.1) is 16.9 Å². The van der Waals surface area contributed by atoms with Crippen LogP contribution in [0, 0.1) is 17.8 Å². The number of fused-ring (bicyclic) bond motifs is 2. The third-order valence-electron chi connectivity index (χ3n) is 8.61. The molecule has 2 aromatic carbocycles. The zero-order valence-electron chi connectivity index (χ0n) is 21.9. The van der Waals surface area contributed by atoms with Crippen LogP contribution in [0.2, 0.25) is 0 Å². The second-order valence-corrected chi connectivity index (χ2v) is 12.4. The third kappa shape index (κ3) is 4.01. The summed E-state index contributed by atoms with van der Waals surface area (Å²) >= 11 is 1.61. The summed E-state index contributed by atoms with van der Waals surface area (Å²) in [7, 11) is 0. The molecule has 11 heteroatoms. The molecule has 39 heavy (non-hydrogen) atoms. The summed E-state index contributed by atoms with van der Waals surface area (Å²) in [6, 6.07) is 15.8. The summed E-state index contributed by atoms with van der Waals surface area (Å²) in [5, 5.41) is 24.3. The van der Waals surface area contributed by atoms with Gasteiger partial charge in [-0.25, -0.2) is 4.68 Å². The lowest BCUT2D eigenvalue weighted by Gasteiger charge is -2.39. The first-order valence-electron chi connectivity index (χ1n) is 13.3. The molecule has 3 fully saturated rings. The van der Waals surface area contributed by atoms with Crippen molar-refractivity contribution in [3.63, 3.8) is 0 Å². The SMILES string of the molecule is CC1C[C@H]2SC13C(C(=O)NCn1nnc4ccccc41)N([C@H](C)CO)C(=O)[C@@H]3[C@H]2C(=O)NCc1ccccc1. The Morgan fingerprint density at radius 3 is 2.64 bits per heavy atom. The van der Waals surface area contributed by atoms with Crippen molar-refractivity contribution in [1.82, 2.24) is 30.5 Å². The van der Waals surface area contributed by atoms with E-state index in [0.29, 0.717) is 6.54 Å². The first kappa shape index (κ1) is 25.8. The van der Waals surface area contributed by atoms with Gasteiger partial charge in [-0.05, 0) is 37.0 Å². The van der Waals surface area contributed by atoms with Crippen LogP contribution in [-0.4, -0.2) is 71.4 Å². The molecule has 3 aliphatic heterocycles. The van der Waals surface area contributed by atoms with E-state index in [9.17, 15) is 19.5 Å². The number of nitrogens with one attached hydrogen (secondary N) is 2. The number of amides is 3. The molecule has 204 valence electrons. The number of hydrogen-bond donors (Lipinski definition) is 3. The van der Waals surface area contributed by atoms with Crippen LogP contribution in [0.1, 0.15) is 25.8 Å². The smallest absolute Gasteiger partial charge is 0.245 e. The van der Waals surface area contributed by atoms with Crippen LogP contribution in [0.15, 0.2) is 54.6 Å². The molecule has 1 aromatic heterocycles. The molecule has 3 N–H and O–H groups in total. The van der Waals surface area contributed by atoms with Crippen molar-refractivity contribution in [2.45, 2.75) is 55.6 Å². The number of thioether (sulfide) groups is 1. The summed E-state index contributed by atoms with van der Waals surface area (Å²) in [5.41, 5.74) is 2.49. The molecule has 1 spiro atoms. The molecule has 0 radical (unpaired) electrons. The zero-order valence-corrected chi connectivity index (χ0v) is 22.7. The lowest BCUT2D eigenvalue weighted by atomic mass is 9.66. The van der Waals surface area contributed by atoms with Crippen LogP contribution in [0.5, 0.6) is 0 Å². The molecule has 0 aliphatic carbocycles. The maximum Gasteiger partial charge on any atom is 0.245 e. The van der Waals surface area contributed by atoms with Crippen LogP contribution in [0.4, 0.5) is 0 Å². The normalized spacial score (nSPS) is 30.0. The number of para-hydroxylation sites is 1. The molecule has 3 saturated heterocycles. The van der Waals surface area contributed by atoms with E-state index in [2.05, 4.69) is 27.9 Å². The maximum atomic E-state index is 14.0. The number of carbonyl (C=O) groups is 3. The first-order chi connectivity index (χ1) is 18.9. The Morgan fingerprint density at radius 2 is 1.87 bits per heavy atom. The van der Waals surface area contributed by atoms with Crippen molar-refractivity contribution in [2.24, 2.45) is 17.8 Å². The minimum absolute atomic E-state index is 0.0402. The Balaban J connectivity index is 1.28. The van der Waals surface area contributed by atoms with E-state index >= 15 is 0 Å². The van der Waals surface area contributed by atoms with Crippen LogP contribution in [0.3, 0.4) is 0 Å². The highest BCUT2D eigenvalue weighted by Crippen LogP contribution is 2.68. The van der Waals surface area contributed by atoms with Crippen molar-refractivity contribution in [3.05, 3.63) is 60.2 Å². The van der Waals surface area contributed by atoms with Crippen molar-refractivity contribution < 1.29 is 19.5 Å². The topological polar surface area (TPSA) is 129 Å². The number of rotatable bonds is 8. The van der Waals surface area contributed by atoms with Crippen LogP contribution >= 0.6 is 11.8 Å². The molecule has 4 heterocycles. The van der Waals surface area contributed by atoms with Crippen LogP contribution < -0.4 is 10.6 Å². The lowest BCUT2D eigenvalue weighted by Crippen LogP contribution is -2.58. The van der Waals surface area contributed by atoms with Gasteiger partial charge in [-0.3, -0.25) is 14.4 Å². The Kier molecular flexibility index (Phi) is 6.58. The second-order valence-electron chi connectivity index (χ2n) is 10.8. The van der Waals surface area contributed by atoms with Gasteiger partial charge >= 0.3 is 0 Å². The van der Waals surface area contributed by atoms with Gasteiger partial charge in [0.1, 0.15) is 18.2 Å². The number of benzene rings is 2. The van der Waals surface area contributed by atoms with Crippen molar-refractivity contribution in [3.8, 4) is 0 Å². The number of aliphatic hydroxyl groups excluding tert-OH is 1. The number of aromatic nitrogens is 3. The van der Waals surface area contributed by atoms with Gasteiger partial charge in [-0.1, -0.05) is 54.6 Å². The lowest BCUT2D eigenvalue weighted by molar-refractivity contribution is -0.142.